The number of ether oxygens (including phenoxy) is 1. The van der Waals surface area contributed by atoms with Crippen LogP contribution in [0.4, 0.5) is 0 Å². The molecule has 33 heavy (non-hydrogen) atoms. The van der Waals surface area contributed by atoms with Crippen LogP contribution < -0.4 is 5.32 Å². The van der Waals surface area contributed by atoms with Crippen molar-refractivity contribution in [2.24, 2.45) is 7.05 Å². The lowest BCUT2D eigenvalue weighted by Gasteiger charge is -2.15. The number of halogens is 1. The number of fused-ring (bicyclic) bond motifs is 1. The van der Waals surface area contributed by atoms with E-state index in [9.17, 15) is 18.0 Å². The SMILES string of the molecule is Cc1cc(Cl)c2cc(C(=O)NC(C)c3ccc(S(=O)(=O)CC(=O)OCCO)cc3)n(C)c2c1. The van der Waals surface area contributed by atoms with Crippen LogP contribution in [-0.4, -0.2) is 48.9 Å². The zero-order valence-electron chi connectivity index (χ0n) is 18.5. The lowest BCUT2D eigenvalue weighted by molar-refractivity contribution is -0.141. The summed E-state index contributed by atoms with van der Waals surface area (Å²) in [5.74, 6) is -2.04. The van der Waals surface area contributed by atoms with Gasteiger partial charge >= 0.3 is 5.97 Å². The second kappa shape index (κ2) is 9.94. The summed E-state index contributed by atoms with van der Waals surface area (Å²) in [5.41, 5.74) is 2.98. The van der Waals surface area contributed by atoms with Gasteiger partial charge in [0.05, 0.1) is 28.1 Å². The van der Waals surface area contributed by atoms with Crippen LogP contribution in [-0.2, 0) is 26.4 Å². The van der Waals surface area contributed by atoms with Gasteiger partial charge in [-0.2, -0.15) is 0 Å². The molecule has 1 atom stereocenters. The molecule has 176 valence electrons. The van der Waals surface area contributed by atoms with Crippen LogP contribution in [0.15, 0.2) is 47.4 Å². The first-order valence-electron chi connectivity index (χ1n) is 10.2. The molecule has 1 unspecified atom stereocenters. The normalized spacial score (nSPS) is 12.5. The summed E-state index contributed by atoms with van der Waals surface area (Å²) in [7, 11) is -2.09. The Bertz CT molecular complexity index is 1300. The van der Waals surface area contributed by atoms with Crippen molar-refractivity contribution in [3.63, 3.8) is 0 Å². The van der Waals surface area contributed by atoms with Crippen LogP contribution in [0.2, 0.25) is 5.02 Å². The van der Waals surface area contributed by atoms with Gasteiger partial charge in [-0.15, -0.1) is 0 Å². The number of amides is 1. The van der Waals surface area contributed by atoms with Crippen LogP contribution in [0.5, 0.6) is 0 Å². The van der Waals surface area contributed by atoms with Gasteiger partial charge < -0.3 is 19.7 Å². The maximum absolute atomic E-state index is 12.9. The van der Waals surface area contributed by atoms with E-state index in [1.807, 2.05) is 19.1 Å². The summed E-state index contributed by atoms with van der Waals surface area (Å²) >= 11 is 6.33. The summed E-state index contributed by atoms with van der Waals surface area (Å²) < 4.78 is 31.1. The Morgan fingerprint density at radius 3 is 2.48 bits per heavy atom. The number of hydrogen-bond acceptors (Lipinski definition) is 6. The largest absolute Gasteiger partial charge is 0.462 e. The standard InChI is InChI=1S/C23H25ClN2O6S/c1-14-10-19(24)18-12-21(26(3)20(18)11-14)23(29)25-15(2)16-4-6-17(7-5-16)33(30,31)13-22(28)32-9-8-27/h4-7,10-12,15,27H,8-9,13H2,1-3H3,(H,25,29). The number of nitrogens with one attached hydrogen (secondary N) is 1. The van der Waals surface area contributed by atoms with Crippen LogP contribution >= 0.6 is 11.6 Å². The van der Waals surface area contributed by atoms with E-state index in [2.05, 4.69) is 10.1 Å². The minimum Gasteiger partial charge on any atom is -0.462 e. The van der Waals surface area contributed by atoms with Gasteiger partial charge in [-0.3, -0.25) is 9.59 Å². The monoisotopic (exact) mass is 492 g/mol. The van der Waals surface area contributed by atoms with Gasteiger partial charge in [-0.05, 0) is 55.3 Å². The second-order valence-electron chi connectivity index (χ2n) is 7.74. The van der Waals surface area contributed by atoms with E-state index in [0.717, 1.165) is 16.5 Å². The summed E-state index contributed by atoms with van der Waals surface area (Å²) in [5, 5.41) is 12.9. The molecule has 1 heterocycles. The fraction of sp³-hybridized carbons (Fsp3) is 0.304. The molecule has 1 amide bonds. The Morgan fingerprint density at radius 2 is 1.85 bits per heavy atom. The molecular weight excluding hydrogens is 468 g/mol. The Hall–Kier alpha value is -2.88. The predicted molar refractivity (Wildman–Crippen MR) is 125 cm³/mol. The maximum Gasteiger partial charge on any atom is 0.321 e. The Morgan fingerprint density at radius 1 is 1.18 bits per heavy atom. The molecule has 8 nitrogen and oxygen atoms in total. The van der Waals surface area contributed by atoms with Gasteiger partial charge in [0.15, 0.2) is 15.6 Å². The highest BCUT2D eigenvalue weighted by Crippen LogP contribution is 2.28. The topological polar surface area (TPSA) is 115 Å². The second-order valence-corrected chi connectivity index (χ2v) is 10.1. The number of aliphatic hydroxyl groups is 1. The van der Waals surface area contributed by atoms with Gasteiger partial charge in [0.1, 0.15) is 12.3 Å². The number of rotatable bonds is 8. The van der Waals surface area contributed by atoms with Crippen molar-refractivity contribution >= 4 is 44.2 Å². The molecule has 3 aromatic rings. The van der Waals surface area contributed by atoms with Crippen LogP contribution in [0.1, 0.15) is 34.6 Å². The number of aromatic nitrogens is 1. The number of aliphatic hydroxyl groups excluding tert-OH is 1. The number of hydrogen-bond donors (Lipinski definition) is 2. The zero-order chi connectivity index (χ0) is 24.3. The fourth-order valence-corrected chi connectivity index (χ4v) is 4.93. The van der Waals surface area contributed by atoms with Crippen LogP contribution in [0.3, 0.4) is 0 Å². The molecule has 0 saturated carbocycles. The number of sulfone groups is 1. The minimum atomic E-state index is -3.89. The molecule has 0 spiro atoms. The molecule has 0 aliphatic rings. The fourth-order valence-electron chi connectivity index (χ4n) is 3.49. The molecule has 2 N–H and O–H groups in total. The van der Waals surface area contributed by atoms with E-state index in [0.29, 0.717) is 16.3 Å². The first-order chi connectivity index (χ1) is 15.5. The van der Waals surface area contributed by atoms with Gasteiger partial charge in [-0.1, -0.05) is 23.7 Å². The van der Waals surface area contributed by atoms with Crippen molar-refractivity contribution in [2.75, 3.05) is 19.0 Å². The molecule has 0 aliphatic carbocycles. The van der Waals surface area contributed by atoms with Crippen molar-refractivity contribution in [3.8, 4) is 0 Å². The van der Waals surface area contributed by atoms with E-state index >= 15 is 0 Å². The summed E-state index contributed by atoms with van der Waals surface area (Å²) in [6.45, 7) is 3.08. The van der Waals surface area contributed by atoms with Gasteiger partial charge in [0, 0.05) is 12.4 Å². The summed E-state index contributed by atoms with van der Waals surface area (Å²) in [4.78, 5) is 24.5. The molecule has 0 saturated heterocycles. The number of carbonyl (C=O) groups excluding carboxylic acids is 2. The molecular formula is C23H25ClN2O6S. The average molecular weight is 493 g/mol. The lowest BCUT2D eigenvalue weighted by atomic mass is 10.1. The van der Waals surface area contributed by atoms with Crippen molar-refractivity contribution in [1.29, 1.82) is 0 Å². The Kier molecular flexibility index (Phi) is 7.46. The number of nitrogens with zero attached hydrogens (tertiary/aromatic N) is 1. The van der Waals surface area contributed by atoms with Crippen LogP contribution in [0.25, 0.3) is 10.9 Å². The van der Waals surface area contributed by atoms with E-state index in [1.54, 1.807) is 36.7 Å². The molecule has 2 aromatic carbocycles. The highest BCUT2D eigenvalue weighted by Gasteiger charge is 2.22. The van der Waals surface area contributed by atoms with Crippen molar-refractivity contribution in [3.05, 3.63) is 64.3 Å². The van der Waals surface area contributed by atoms with E-state index in [-0.39, 0.29) is 24.0 Å². The molecule has 0 aliphatic heterocycles. The first kappa shape index (κ1) is 24.8. The molecule has 3 rings (SSSR count). The average Bonchev–Trinajstić information content (AvgIpc) is 3.09. The Balaban J connectivity index is 1.73. The van der Waals surface area contributed by atoms with Crippen molar-refractivity contribution < 1.29 is 27.9 Å². The number of aryl methyl sites for hydroxylation is 2. The Labute approximate surface area is 197 Å². The predicted octanol–water partition coefficient (Wildman–Crippen LogP) is 2.94. The van der Waals surface area contributed by atoms with Gasteiger partial charge in [0.2, 0.25) is 0 Å². The first-order valence-corrected chi connectivity index (χ1v) is 12.2. The molecule has 0 fully saturated rings. The highest BCUT2D eigenvalue weighted by molar-refractivity contribution is 7.92. The molecule has 0 bridgehead atoms. The third-order valence-electron chi connectivity index (χ3n) is 5.24. The van der Waals surface area contributed by atoms with Crippen LogP contribution in [0, 0.1) is 6.92 Å². The van der Waals surface area contributed by atoms with Crippen molar-refractivity contribution in [1.82, 2.24) is 9.88 Å². The van der Waals surface area contributed by atoms with Crippen molar-refractivity contribution in [2.45, 2.75) is 24.8 Å². The quantitative estimate of drug-likeness (QED) is 0.467. The number of benzene rings is 2. The van der Waals surface area contributed by atoms with Gasteiger partial charge in [0.25, 0.3) is 5.91 Å². The van der Waals surface area contributed by atoms with Gasteiger partial charge in [-0.25, -0.2) is 8.42 Å². The third-order valence-corrected chi connectivity index (χ3v) is 7.16. The minimum absolute atomic E-state index is 0.0376. The smallest absolute Gasteiger partial charge is 0.321 e. The zero-order valence-corrected chi connectivity index (χ0v) is 20.0. The van der Waals surface area contributed by atoms with E-state index < -0.39 is 27.6 Å². The molecule has 1 aromatic heterocycles. The lowest BCUT2D eigenvalue weighted by Crippen LogP contribution is -2.28. The van der Waals surface area contributed by atoms with E-state index in [4.69, 9.17) is 16.7 Å². The van der Waals surface area contributed by atoms with E-state index in [1.165, 1.54) is 12.1 Å². The summed E-state index contributed by atoms with van der Waals surface area (Å²) in [6.07, 6.45) is 0. The summed E-state index contributed by atoms with van der Waals surface area (Å²) in [6, 6.07) is 11.1. The molecule has 0 radical (unpaired) electrons. The number of carbonyl (C=O) groups is 2. The molecule has 10 heteroatoms. The maximum atomic E-state index is 12.9. The number of esters is 1. The third kappa shape index (κ3) is 5.55. The highest BCUT2D eigenvalue weighted by atomic mass is 35.5.